The molecule has 0 amide bonds. The number of thiophene rings is 1. The molecule has 0 unspecified atom stereocenters. The second-order valence-corrected chi connectivity index (χ2v) is 5.23. The first-order chi connectivity index (χ1) is 7.83. The molecular formula is C14H13BrS. The fourth-order valence-corrected chi connectivity index (χ4v) is 3.39. The van der Waals surface area contributed by atoms with Crippen molar-refractivity contribution >= 4 is 37.3 Å². The van der Waals surface area contributed by atoms with Crippen LogP contribution in [-0.4, -0.2) is 0 Å². The smallest absolute Gasteiger partial charge is 0.0313 e. The Kier molecular flexibility index (Phi) is 3.97. The van der Waals surface area contributed by atoms with Crippen LogP contribution in [0.25, 0.3) is 10.1 Å². The highest BCUT2D eigenvalue weighted by Gasteiger charge is 2.07. The van der Waals surface area contributed by atoms with Gasteiger partial charge in [-0.3, -0.25) is 0 Å². The molecule has 1 heterocycles. The number of benzene rings is 1. The minimum Gasteiger partial charge on any atom is -0.144 e. The van der Waals surface area contributed by atoms with Gasteiger partial charge in [0.05, 0.1) is 0 Å². The molecule has 0 saturated carbocycles. The molecule has 0 nitrogen and oxygen atoms in total. The average molecular weight is 293 g/mol. The summed E-state index contributed by atoms with van der Waals surface area (Å²) in [5, 5.41) is 2.12. The molecule has 0 aliphatic heterocycles. The van der Waals surface area contributed by atoms with Crippen LogP contribution in [0.5, 0.6) is 0 Å². The molecule has 0 saturated heterocycles. The maximum Gasteiger partial charge on any atom is 0.0313 e. The van der Waals surface area contributed by atoms with Crippen molar-refractivity contribution in [2.75, 3.05) is 0 Å². The van der Waals surface area contributed by atoms with Crippen molar-refractivity contribution in [3.8, 4) is 0 Å². The van der Waals surface area contributed by atoms with E-state index >= 15 is 0 Å². The van der Waals surface area contributed by atoms with Crippen LogP contribution in [0.4, 0.5) is 0 Å². The highest BCUT2D eigenvalue weighted by molar-refractivity contribution is 9.15. The lowest BCUT2D eigenvalue weighted by atomic mass is 10.1. The molecule has 0 radical (unpaired) electrons. The second-order valence-electron chi connectivity index (χ2n) is 3.49. The van der Waals surface area contributed by atoms with E-state index in [0.717, 1.165) is 6.42 Å². The summed E-state index contributed by atoms with van der Waals surface area (Å²) in [5.41, 5.74) is 2.62. The molecule has 0 aliphatic rings. The summed E-state index contributed by atoms with van der Waals surface area (Å²) in [6, 6.07) is 14.7. The van der Waals surface area contributed by atoms with Gasteiger partial charge in [-0.1, -0.05) is 43.3 Å². The van der Waals surface area contributed by atoms with Gasteiger partial charge in [0.15, 0.2) is 0 Å². The molecule has 2 heteroatoms. The molecule has 16 heavy (non-hydrogen) atoms. The largest absolute Gasteiger partial charge is 0.144 e. The van der Waals surface area contributed by atoms with Gasteiger partial charge in [0.1, 0.15) is 0 Å². The third kappa shape index (κ3) is 2.45. The minimum atomic E-state index is 1.04. The first-order valence-corrected chi connectivity index (χ1v) is 6.98. The summed E-state index contributed by atoms with van der Waals surface area (Å²) in [5.74, 6) is 0. The molecule has 1 aromatic heterocycles. The van der Waals surface area contributed by atoms with E-state index in [2.05, 4.69) is 64.6 Å². The van der Waals surface area contributed by atoms with Gasteiger partial charge in [-0.05, 0) is 44.9 Å². The molecule has 0 fully saturated rings. The fraction of sp³-hybridized carbons (Fsp3) is 0.143. The van der Waals surface area contributed by atoms with E-state index in [1.165, 1.54) is 20.5 Å². The molecule has 0 aliphatic carbocycles. The van der Waals surface area contributed by atoms with Crippen molar-refractivity contribution in [3.63, 3.8) is 0 Å². The van der Waals surface area contributed by atoms with Gasteiger partial charge in [0.2, 0.25) is 0 Å². The van der Waals surface area contributed by atoms with Crippen molar-refractivity contribution in [3.05, 3.63) is 58.3 Å². The zero-order valence-electron chi connectivity index (χ0n) is 9.11. The third-order valence-corrected chi connectivity index (χ3v) is 4.33. The van der Waals surface area contributed by atoms with Crippen LogP contribution in [0, 0.1) is 0 Å². The van der Waals surface area contributed by atoms with E-state index in [1.807, 2.05) is 6.07 Å². The Morgan fingerprint density at radius 3 is 2.44 bits per heavy atom. The minimum absolute atomic E-state index is 1.04. The van der Waals surface area contributed by atoms with Crippen LogP contribution in [0.3, 0.4) is 0 Å². The maximum atomic E-state index is 3.72. The van der Waals surface area contributed by atoms with Crippen molar-refractivity contribution in [1.29, 1.82) is 0 Å². The molecular weight excluding hydrogens is 280 g/mol. The summed E-state index contributed by atoms with van der Waals surface area (Å²) < 4.78 is 1.21. The van der Waals surface area contributed by atoms with Gasteiger partial charge in [-0.2, -0.15) is 0 Å². The van der Waals surface area contributed by atoms with E-state index in [9.17, 15) is 0 Å². The number of hydrogen-bond donors (Lipinski definition) is 0. The van der Waals surface area contributed by atoms with Gasteiger partial charge in [0, 0.05) is 9.36 Å². The quantitative estimate of drug-likeness (QED) is 0.708. The Bertz CT molecular complexity index is 469. The van der Waals surface area contributed by atoms with Crippen LogP contribution in [0.15, 0.2) is 47.8 Å². The predicted octanol–water partition coefficient (Wildman–Crippen LogP) is 5.42. The van der Waals surface area contributed by atoms with E-state index in [1.54, 1.807) is 11.3 Å². The van der Waals surface area contributed by atoms with Crippen molar-refractivity contribution < 1.29 is 0 Å². The zero-order valence-corrected chi connectivity index (χ0v) is 11.5. The first kappa shape index (κ1) is 11.6. The zero-order chi connectivity index (χ0) is 11.4. The number of rotatable bonds is 3. The number of hydrogen-bond acceptors (Lipinski definition) is 1. The lowest BCUT2D eigenvalue weighted by Crippen LogP contribution is -1.83. The predicted molar refractivity (Wildman–Crippen MR) is 76.8 cm³/mol. The average Bonchev–Trinajstić information content (AvgIpc) is 2.85. The van der Waals surface area contributed by atoms with E-state index in [-0.39, 0.29) is 0 Å². The van der Waals surface area contributed by atoms with Gasteiger partial charge in [0.25, 0.3) is 0 Å². The van der Waals surface area contributed by atoms with Crippen molar-refractivity contribution in [2.24, 2.45) is 0 Å². The van der Waals surface area contributed by atoms with E-state index in [4.69, 9.17) is 0 Å². The monoisotopic (exact) mass is 292 g/mol. The molecule has 0 N–H and O–H groups in total. The van der Waals surface area contributed by atoms with Crippen LogP contribution >= 0.6 is 27.3 Å². The van der Waals surface area contributed by atoms with Gasteiger partial charge >= 0.3 is 0 Å². The van der Waals surface area contributed by atoms with Crippen LogP contribution in [-0.2, 0) is 0 Å². The van der Waals surface area contributed by atoms with E-state index in [0.29, 0.717) is 0 Å². The lowest BCUT2D eigenvalue weighted by molar-refractivity contribution is 1.26. The molecule has 82 valence electrons. The lowest BCUT2D eigenvalue weighted by Gasteiger charge is -2.07. The highest BCUT2D eigenvalue weighted by Crippen LogP contribution is 2.35. The molecule has 1 aromatic carbocycles. The van der Waals surface area contributed by atoms with Gasteiger partial charge < -0.3 is 0 Å². The summed E-state index contributed by atoms with van der Waals surface area (Å²) in [7, 11) is 0. The summed E-state index contributed by atoms with van der Waals surface area (Å²) >= 11 is 5.51. The van der Waals surface area contributed by atoms with E-state index < -0.39 is 0 Å². The Morgan fingerprint density at radius 2 is 1.88 bits per heavy atom. The maximum absolute atomic E-state index is 3.72. The SMILES string of the molecule is CC/C(=C(\Br)c1ccccc1)c1cccs1. The second kappa shape index (κ2) is 5.46. The van der Waals surface area contributed by atoms with Crippen LogP contribution in [0.2, 0.25) is 0 Å². The topological polar surface area (TPSA) is 0 Å². The molecule has 0 bridgehead atoms. The normalized spacial score (nSPS) is 12.4. The molecule has 0 atom stereocenters. The Morgan fingerprint density at radius 1 is 1.12 bits per heavy atom. The fourth-order valence-electron chi connectivity index (χ4n) is 1.65. The summed E-state index contributed by atoms with van der Waals surface area (Å²) in [6.07, 6.45) is 1.04. The molecule has 2 aromatic rings. The Labute approximate surface area is 109 Å². The van der Waals surface area contributed by atoms with Crippen LogP contribution < -0.4 is 0 Å². The van der Waals surface area contributed by atoms with Crippen molar-refractivity contribution in [1.82, 2.24) is 0 Å². The molecule has 0 spiro atoms. The first-order valence-electron chi connectivity index (χ1n) is 5.31. The summed E-state index contributed by atoms with van der Waals surface area (Å²) in [4.78, 5) is 1.35. The van der Waals surface area contributed by atoms with Gasteiger partial charge in [-0.25, -0.2) is 0 Å². The third-order valence-electron chi connectivity index (χ3n) is 2.46. The number of allylic oxidation sites excluding steroid dienone is 1. The molecule has 2 rings (SSSR count). The Balaban J connectivity index is 2.46. The Hall–Kier alpha value is -0.860. The standard InChI is InChI=1S/C14H13BrS/c1-2-12(13-9-6-10-16-13)14(15)11-7-4-3-5-8-11/h3-10H,2H2,1H3/b14-12+. The summed E-state index contributed by atoms with van der Waals surface area (Å²) in [6.45, 7) is 2.19. The van der Waals surface area contributed by atoms with Crippen molar-refractivity contribution in [2.45, 2.75) is 13.3 Å². The van der Waals surface area contributed by atoms with Crippen LogP contribution in [0.1, 0.15) is 23.8 Å². The highest BCUT2D eigenvalue weighted by atomic mass is 79.9. The van der Waals surface area contributed by atoms with Gasteiger partial charge in [-0.15, -0.1) is 11.3 Å². The number of halogens is 1.